The van der Waals surface area contributed by atoms with Gasteiger partial charge in [0.15, 0.2) is 20.4 Å². The zero-order chi connectivity index (χ0) is 20.6. The van der Waals surface area contributed by atoms with Crippen LogP contribution in [0.5, 0.6) is 0 Å². The zero-order valence-electron chi connectivity index (χ0n) is 18.6. The Morgan fingerprint density at radius 2 is 1.78 bits per heavy atom. The van der Waals surface area contributed by atoms with Crippen LogP contribution in [0.25, 0.3) is 0 Å². The number of aliphatic hydroxyl groups is 1. The van der Waals surface area contributed by atoms with Crippen LogP contribution in [0.4, 0.5) is 0 Å². The molecule has 158 valence electrons. The lowest BCUT2D eigenvalue weighted by molar-refractivity contribution is -0.216. The van der Waals surface area contributed by atoms with Crippen LogP contribution in [0.1, 0.15) is 54.9 Å². The van der Waals surface area contributed by atoms with Gasteiger partial charge < -0.3 is 23.7 Å². The first kappa shape index (κ1) is 23.0. The maximum Gasteiger partial charge on any atom is 0.192 e. The maximum atomic E-state index is 10.0. The van der Waals surface area contributed by atoms with Gasteiger partial charge in [-0.15, -0.1) is 0 Å². The quantitative estimate of drug-likeness (QED) is 0.527. The molecule has 2 aliphatic rings. The van der Waals surface area contributed by atoms with E-state index in [1.54, 1.807) is 0 Å². The number of rotatable bonds is 6. The molecule has 0 radical (unpaired) electrons. The number of hydrogen-bond acceptors (Lipinski definition) is 5. The number of ether oxygens (including phenoxy) is 3. The van der Waals surface area contributed by atoms with E-state index in [4.69, 9.17) is 18.6 Å². The van der Waals surface area contributed by atoms with Gasteiger partial charge in [-0.25, -0.2) is 0 Å². The van der Waals surface area contributed by atoms with Crippen molar-refractivity contribution in [1.82, 2.24) is 0 Å². The van der Waals surface area contributed by atoms with Crippen molar-refractivity contribution in [3.63, 3.8) is 0 Å². The van der Waals surface area contributed by atoms with E-state index in [1.165, 1.54) is 0 Å². The Balaban J connectivity index is 1.91. The summed E-state index contributed by atoms with van der Waals surface area (Å²) >= 11 is 0. The van der Waals surface area contributed by atoms with Crippen molar-refractivity contribution in [3.05, 3.63) is 12.2 Å². The highest BCUT2D eigenvalue weighted by Crippen LogP contribution is 2.39. The molecule has 2 fully saturated rings. The van der Waals surface area contributed by atoms with E-state index >= 15 is 0 Å². The van der Waals surface area contributed by atoms with Gasteiger partial charge in [0.2, 0.25) is 0 Å². The summed E-state index contributed by atoms with van der Waals surface area (Å²) in [5, 5.41) is 10.2. The summed E-state index contributed by atoms with van der Waals surface area (Å²) in [5.74, 6) is -0.160. The molecule has 2 heterocycles. The molecule has 0 unspecified atom stereocenters. The molecule has 6 heteroatoms. The number of fused-ring (bicyclic) bond motifs is 1. The minimum Gasteiger partial charge on any atom is -0.414 e. The van der Waals surface area contributed by atoms with E-state index in [1.807, 2.05) is 13.8 Å². The summed E-state index contributed by atoms with van der Waals surface area (Å²) in [7, 11) is -1.76. The van der Waals surface area contributed by atoms with Crippen LogP contribution in [0.15, 0.2) is 12.2 Å². The molecule has 0 aliphatic carbocycles. The van der Waals surface area contributed by atoms with Crippen LogP contribution in [0.3, 0.4) is 0 Å². The van der Waals surface area contributed by atoms with Crippen molar-refractivity contribution in [2.75, 3.05) is 6.61 Å². The average molecular weight is 401 g/mol. The van der Waals surface area contributed by atoms with Crippen LogP contribution < -0.4 is 0 Å². The van der Waals surface area contributed by atoms with Gasteiger partial charge in [-0.1, -0.05) is 39.8 Å². The number of hydrogen-bond donors (Lipinski definition) is 1. The first-order valence-electron chi connectivity index (χ1n) is 10.2. The molecule has 0 aromatic heterocycles. The molecule has 6 atom stereocenters. The molecule has 2 rings (SSSR count). The third-order valence-corrected chi connectivity index (χ3v) is 10.9. The number of allylic oxidation sites excluding steroid dienone is 1. The van der Waals surface area contributed by atoms with Crippen molar-refractivity contribution < 1.29 is 23.7 Å². The van der Waals surface area contributed by atoms with Crippen molar-refractivity contribution >= 4 is 8.32 Å². The fraction of sp³-hybridized carbons (Fsp3) is 0.905. The van der Waals surface area contributed by atoms with Gasteiger partial charge in [0, 0.05) is 12.0 Å². The lowest BCUT2D eigenvalue weighted by Gasteiger charge is -2.39. The topological polar surface area (TPSA) is 57.2 Å². The van der Waals surface area contributed by atoms with Crippen LogP contribution in [-0.4, -0.2) is 50.4 Å². The smallest absolute Gasteiger partial charge is 0.192 e. The minimum absolute atomic E-state index is 0.135. The third-order valence-electron chi connectivity index (χ3n) is 6.30. The molecule has 0 saturated carbocycles. The van der Waals surface area contributed by atoms with Gasteiger partial charge in [-0.05, 0) is 51.2 Å². The second kappa shape index (κ2) is 8.25. The first-order chi connectivity index (χ1) is 12.2. The van der Waals surface area contributed by atoms with E-state index in [-0.39, 0.29) is 23.2 Å². The van der Waals surface area contributed by atoms with Crippen LogP contribution >= 0.6 is 0 Å². The largest absolute Gasteiger partial charge is 0.414 e. The highest BCUT2D eigenvalue weighted by molar-refractivity contribution is 6.74. The number of aliphatic hydroxyl groups excluding tert-OH is 1. The molecule has 0 aromatic carbocycles. The molecule has 0 bridgehead atoms. The molecule has 0 amide bonds. The van der Waals surface area contributed by atoms with E-state index in [9.17, 15) is 5.11 Å². The molecular weight excluding hydrogens is 360 g/mol. The monoisotopic (exact) mass is 400 g/mol. The highest BCUT2D eigenvalue weighted by atomic mass is 28.4. The maximum absolute atomic E-state index is 10.0. The van der Waals surface area contributed by atoms with Crippen molar-refractivity contribution in [2.24, 2.45) is 11.8 Å². The third kappa shape index (κ3) is 5.64. The lowest BCUT2D eigenvalue weighted by atomic mass is 9.92. The molecule has 2 saturated heterocycles. The fourth-order valence-corrected chi connectivity index (χ4v) is 4.89. The van der Waals surface area contributed by atoms with Gasteiger partial charge in [0.05, 0.1) is 12.7 Å². The van der Waals surface area contributed by atoms with E-state index in [0.717, 1.165) is 6.42 Å². The summed E-state index contributed by atoms with van der Waals surface area (Å²) in [5.41, 5.74) is 0. The van der Waals surface area contributed by atoms with Crippen molar-refractivity contribution in [1.29, 1.82) is 0 Å². The highest BCUT2D eigenvalue weighted by Gasteiger charge is 2.51. The molecule has 2 aliphatic heterocycles. The lowest BCUT2D eigenvalue weighted by Crippen LogP contribution is -2.48. The van der Waals surface area contributed by atoms with E-state index in [0.29, 0.717) is 12.5 Å². The second-order valence-electron chi connectivity index (χ2n) is 10.2. The Labute approximate surface area is 166 Å². The minimum atomic E-state index is -1.76. The van der Waals surface area contributed by atoms with Crippen molar-refractivity contribution in [3.8, 4) is 0 Å². The summed E-state index contributed by atoms with van der Waals surface area (Å²) in [6.45, 7) is 20.0. The Kier molecular flexibility index (Phi) is 7.04. The molecule has 27 heavy (non-hydrogen) atoms. The van der Waals surface area contributed by atoms with Crippen LogP contribution in [0, 0.1) is 11.8 Å². The summed E-state index contributed by atoms with van der Waals surface area (Å²) in [6.07, 6.45) is 4.00. The standard InChI is InChI=1S/C21H40O5Si/c1-14(15(2)26-27(8,9)20(3,4)5)11-10-12-16-13-23-19(22)18-17(16)24-21(6,7)25-18/h10-11,14-19,22H,12-13H2,1-9H3/b11-10+/t14-,15+,16+,17-,18-,19-/m1/s1. The first-order valence-corrected chi connectivity index (χ1v) is 13.1. The molecule has 0 aromatic rings. The predicted molar refractivity (Wildman–Crippen MR) is 110 cm³/mol. The van der Waals surface area contributed by atoms with Crippen LogP contribution in [0.2, 0.25) is 18.1 Å². The Hall–Kier alpha value is -0.243. The van der Waals surface area contributed by atoms with Gasteiger partial charge in [0.1, 0.15) is 6.10 Å². The second-order valence-corrected chi connectivity index (χ2v) is 14.9. The molecule has 0 spiro atoms. The Bertz CT molecular complexity index is 525. The average Bonchev–Trinajstić information content (AvgIpc) is 2.84. The normalized spacial score (nSPS) is 33.9. The summed E-state index contributed by atoms with van der Waals surface area (Å²) in [6, 6.07) is 0. The molecule has 5 nitrogen and oxygen atoms in total. The Morgan fingerprint density at radius 1 is 1.19 bits per heavy atom. The summed E-state index contributed by atoms with van der Waals surface area (Å²) < 4.78 is 23.8. The van der Waals surface area contributed by atoms with E-state index in [2.05, 4.69) is 59.9 Å². The fourth-order valence-electron chi connectivity index (χ4n) is 3.39. The van der Waals surface area contributed by atoms with Crippen LogP contribution in [-0.2, 0) is 18.6 Å². The van der Waals surface area contributed by atoms with Gasteiger partial charge >= 0.3 is 0 Å². The zero-order valence-corrected chi connectivity index (χ0v) is 19.6. The van der Waals surface area contributed by atoms with Crippen molar-refractivity contribution in [2.45, 2.75) is 103 Å². The molecular formula is C21H40O5Si. The SMILES string of the molecule is C[C@H](/C=C/C[C@H]1CO[C@@H](O)[C@@H]2OC(C)(C)O[C@H]12)[C@H](C)O[Si](C)(C)C(C)(C)C. The summed E-state index contributed by atoms with van der Waals surface area (Å²) in [4.78, 5) is 0. The van der Waals surface area contributed by atoms with Gasteiger partial charge in [-0.3, -0.25) is 0 Å². The van der Waals surface area contributed by atoms with Gasteiger partial charge in [0.25, 0.3) is 0 Å². The van der Waals surface area contributed by atoms with Gasteiger partial charge in [-0.2, -0.15) is 0 Å². The Morgan fingerprint density at radius 3 is 2.37 bits per heavy atom. The predicted octanol–water partition coefficient (Wildman–Crippen LogP) is 4.46. The molecule has 1 N–H and O–H groups in total. The van der Waals surface area contributed by atoms with E-state index < -0.39 is 26.5 Å².